The minimum absolute atomic E-state index is 0.215. The lowest BCUT2D eigenvalue weighted by molar-refractivity contribution is -0.146. The Morgan fingerprint density at radius 1 is 1.33 bits per heavy atom. The van der Waals surface area contributed by atoms with E-state index in [-0.39, 0.29) is 24.0 Å². The molecule has 1 saturated carbocycles. The SMILES string of the molecule is COC(=O)[C@@H]1CCCCC[C@@H]1NC(=O)Nc1cc(C)on1. The molecule has 2 rings (SSSR count). The van der Waals surface area contributed by atoms with Gasteiger partial charge in [-0.3, -0.25) is 10.1 Å². The molecule has 7 heteroatoms. The van der Waals surface area contributed by atoms with Crippen LogP contribution in [-0.4, -0.2) is 30.3 Å². The van der Waals surface area contributed by atoms with E-state index in [1.807, 2.05) is 0 Å². The molecule has 2 N–H and O–H groups in total. The van der Waals surface area contributed by atoms with Gasteiger partial charge in [0, 0.05) is 12.1 Å². The molecule has 1 heterocycles. The number of anilines is 1. The Morgan fingerprint density at radius 2 is 2.10 bits per heavy atom. The number of urea groups is 1. The number of hydrogen-bond acceptors (Lipinski definition) is 5. The van der Waals surface area contributed by atoms with Crippen molar-refractivity contribution in [1.29, 1.82) is 0 Å². The van der Waals surface area contributed by atoms with Gasteiger partial charge >= 0.3 is 12.0 Å². The van der Waals surface area contributed by atoms with Gasteiger partial charge in [0.2, 0.25) is 0 Å². The molecule has 2 amide bonds. The van der Waals surface area contributed by atoms with E-state index in [9.17, 15) is 9.59 Å². The predicted molar refractivity (Wildman–Crippen MR) is 75.8 cm³/mol. The summed E-state index contributed by atoms with van der Waals surface area (Å²) in [6, 6.07) is 1.03. The molecule has 0 aliphatic heterocycles. The van der Waals surface area contributed by atoms with Crippen LogP contribution in [0.4, 0.5) is 10.6 Å². The molecule has 1 aromatic rings. The normalized spacial score (nSPS) is 22.2. The standard InChI is InChI=1S/C14H21N3O4/c1-9-8-12(17-21-9)16-14(19)15-11-7-5-3-4-6-10(11)13(18)20-2/h8,10-11H,3-7H2,1-2H3,(H2,15,16,17,19)/t10-,11+/m1/s1. The van der Waals surface area contributed by atoms with E-state index < -0.39 is 0 Å². The zero-order valence-corrected chi connectivity index (χ0v) is 12.3. The first kappa shape index (κ1) is 15.3. The summed E-state index contributed by atoms with van der Waals surface area (Å²) in [6.07, 6.45) is 4.53. The molecule has 21 heavy (non-hydrogen) atoms. The number of carbonyl (C=O) groups excluding carboxylic acids is 2. The summed E-state index contributed by atoms with van der Waals surface area (Å²) in [5, 5.41) is 9.15. The molecule has 7 nitrogen and oxygen atoms in total. The van der Waals surface area contributed by atoms with Crippen LogP contribution < -0.4 is 10.6 Å². The second kappa shape index (κ2) is 7.10. The predicted octanol–water partition coefficient (Wildman–Crippen LogP) is 2.23. The molecule has 0 radical (unpaired) electrons. The van der Waals surface area contributed by atoms with Gasteiger partial charge in [0.15, 0.2) is 5.82 Å². The van der Waals surface area contributed by atoms with Crippen molar-refractivity contribution >= 4 is 17.8 Å². The summed E-state index contributed by atoms with van der Waals surface area (Å²) in [4.78, 5) is 23.9. The summed E-state index contributed by atoms with van der Waals surface area (Å²) in [5.74, 6) is 0.419. The van der Waals surface area contributed by atoms with Gasteiger partial charge in [-0.05, 0) is 19.8 Å². The van der Waals surface area contributed by atoms with Crippen LogP contribution in [0.2, 0.25) is 0 Å². The van der Waals surface area contributed by atoms with Gasteiger partial charge in [-0.15, -0.1) is 0 Å². The number of nitrogens with one attached hydrogen (secondary N) is 2. The van der Waals surface area contributed by atoms with Crippen LogP contribution in [0.25, 0.3) is 0 Å². The molecule has 0 spiro atoms. The Hall–Kier alpha value is -2.05. The molecule has 0 saturated heterocycles. The maximum Gasteiger partial charge on any atom is 0.320 e. The fraction of sp³-hybridized carbons (Fsp3) is 0.643. The summed E-state index contributed by atoms with van der Waals surface area (Å²) < 4.78 is 9.73. The number of aryl methyl sites for hydroxylation is 1. The first-order valence-corrected chi connectivity index (χ1v) is 7.19. The Labute approximate surface area is 123 Å². The topological polar surface area (TPSA) is 93.5 Å². The monoisotopic (exact) mass is 295 g/mol. The van der Waals surface area contributed by atoms with Gasteiger partial charge in [0.25, 0.3) is 0 Å². The fourth-order valence-corrected chi connectivity index (χ4v) is 2.66. The van der Waals surface area contributed by atoms with Crippen molar-refractivity contribution in [2.24, 2.45) is 5.92 Å². The molecular weight excluding hydrogens is 274 g/mol. The second-order valence-electron chi connectivity index (χ2n) is 5.30. The third-order valence-corrected chi connectivity index (χ3v) is 3.71. The van der Waals surface area contributed by atoms with E-state index in [0.29, 0.717) is 11.6 Å². The van der Waals surface area contributed by atoms with Crippen LogP contribution in [0.5, 0.6) is 0 Å². The van der Waals surface area contributed by atoms with Crippen molar-refractivity contribution < 1.29 is 18.8 Å². The van der Waals surface area contributed by atoms with Crippen molar-refractivity contribution in [2.75, 3.05) is 12.4 Å². The van der Waals surface area contributed by atoms with Crippen molar-refractivity contribution in [1.82, 2.24) is 10.5 Å². The van der Waals surface area contributed by atoms with E-state index in [1.165, 1.54) is 7.11 Å². The summed E-state index contributed by atoms with van der Waals surface area (Å²) in [5.41, 5.74) is 0. The molecule has 1 aliphatic carbocycles. The highest BCUT2D eigenvalue weighted by Crippen LogP contribution is 2.24. The summed E-state index contributed by atoms with van der Waals surface area (Å²) in [6.45, 7) is 1.74. The molecule has 0 bridgehead atoms. The van der Waals surface area contributed by atoms with Crippen molar-refractivity contribution in [3.8, 4) is 0 Å². The second-order valence-corrected chi connectivity index (χ2v) is 5.30. The van der Waals surface area contributed by atoms with Crippen LogP contribution >= 0.6 is 0 Å². The van der Waals surface area contributed by atoms with Crippen LogP contribution in [0, 0.1) is 12.8 Å². The Kier molecular flexibility index (Phi) is 5.19. The number of aromatic nitrogens is 1. The minimum Gasteiger partial charge on any atom is -0.469 e. The molecule has 2 atom stereocenters. The molecular formula is C14H21N3O4. The lowest BCUT2D eigenvalue weighted by atomic mass is 9.95. The van der Waals surface area contributed by atoms with Crippen LogP contribution in [0.1, 0.15) is 37.9 Å². The number of nitrogens with zero attached hydrogens (tertiary/aromatic N) is 1. The molecule has 1 aromatic heterocycles. The van der Waals surface area contributed by atoms with Crippen molar-refractivity contribution in [3.05, 3.63) is 11.8 Å². The van der Waals surface area contributed by atoms with Crippen LogP contribution in [0.3, 0.4) is 0 Å². The highest BCUT2D eigenvalue weighted by atomic mass is 16.5. The zero-order valence-electron chi connectivity index (χ0n) is 12.3. The highest BCUT2D eigenvalue weighted by molar-refractivity contribution is 5.88. The molecule has 0 unspecified atom stereocenters. The van der Waals surface area contributed by atoms with E-state index in [4.69, 9.17) is 9.26 Å². The smallest absolute Gasteiger partial charge is 0.320 e. The number of amides is 2. The van der Waals surface area contributed by atoms with Gasteiger partial charge in [0.1, 0.15) is 5.76 Å². The number of ether oxygens (including phenoxy) is 1. The Balaban J connectivity index is 1.96. The first-order chi connectivity index (χ1) is 10.1. The third kappa shape index (κ3) is 4.21. The number of hydrogen-bond donors (Lipinski definition) is 2. The summed E-state index contributed by atoms with van der Waals surface area (Å²) in [7, 11) is 1.38. The number of esters is 1. The van der Waals surface area contributed by atoms with E-state index in [2.05, 4.69) is 15.8 Å². The van der Waals surface area contributed by atoms with Crippen molar-refractivity contribution in [3.63, 3.8) is 0 Å². The van der Waals surface area contributed by atoms with Crippen molar-refractivity contribution in [2.45, 2.75) is 45.1 Å². The third-order valence-electron chi connectivity index (χ3n) is 3.71. The first-order valence-electron chi connectivity index (χ1n) is 7.19. The van der Waals surface area contributed by atoms with E-state index in [1.54, 1.807) is 13.0 Å². The molecule has 116 valence electrons. The average Bonchev–Trinajstić information content (AvgIpc) is 2.72. The Bertz CT molecular complexity index is 500. The molecule has 1 fully saturated rings. The van der Waals surface area contributed by atoms with Gasteiger partial charge < -0.3 is 14.6 Å². The quantitative estimate of drug-likeness (QED) is 0.659. The van der Waals surface area contributed by atoms with Crippen LogP contribution in [0.15, 0.2) is 10.6 Å². The largest absolute Gasteiger partial charge is 0.469 e. The maximum atomic E-state index is 12.0. The molecule has 0 aromatic carbocycles. The average molecular weight is 295 g/mol. The highest BCUT2D eigenvalue weighted by Gasteiger charge is 2.31. The van der Waals surface area contributed by atoms with E-state index >= 15 is 0 Å². The Morgan fingerprint density at radius 3 is 2.76 bits per heavy atom. The number of rotatable bonds is 3. The van der Waals surface area contributed by atoms with Gasteiger partial charge in [-0.2, -0.15) is 0 Å². The molecule has 1 aliphatic rings. The lowest BCUT2D eigenvalue weighted by Gasteiger charge is -2.23. The lowest BCUT2D eigenvalue weighted by Crippen LogP contribution is -2.45. The van der Waals surface area contributed by atoms with E-state index in [0.717, 1.165) is 32.1 Å². The van der Waals surface area contributed by atoms with Gasteiger partial charge in [0.05, 0.1) is 13.0 Å². The minimum atomic E-state index is -0.385. The van der Waals surface area contributed by atoms with Gasteiger partial charge in [-0.25, -0.2) is 4.79 Å². The number of methoxy groups -OCH3 is 1. The van der Waals surface area contributed by atoms with Gasteiger partial charge in [-0.1, -0.05) is 24.4 Å². The fourth-order valence-electron chi connectivity index (χ4n) is 2.66. The summed E-state index contributed by atoms with van der Waals surface area (Å²) >= 11 is 0. The maximum absolute atomic E-state index is 12.0. The number of carbonyl (C=O) groups is 2. The van der Waals surface area contributed by atoms with Crippen LogP contribution in [-0.2, 0) is 9.53 Å². The zero-order chi connectivity index (χ0) is 15.2.